The molecule has 0 saturated carbocycles. The molecule has 1 aliphatic heterocycles. The van der Waals surface area contributed by atoms with Crippen LogP contribution in [-0.2, 0) is 6.42 Å². The monoisotopic (exact) mass is 333 g/mol. The highest BCUT2D eigenvalue weighted by Gasteiger charge is 2.31. The minimum Gasteiger partial charge on any atom is -0.328 e. The van der Waals surface area contributed by atoms with Gasteiger partial charge >= 0.3 is 0 Å². The van der Waals surface area contributed by atoms with Crippen LogP contribution in [0.1, 0.15) is 66.6 Å². The topological polar surface area (TPSA) is 74.8 Å². The van der Waals surface area contributed by atoms with Crippen LogP contribution < -0.4 is 0 Å². The van der Waals surface area contributed by atoms with E-state index in [1.165, 1.54) is 17.7 Å². The van der Waals surface area contributed by atoms with E-state index in [4.69, 9.17) is 0 Å². The number of hydrogen-bond donors (Lipinski definition) is 1. The number of H-pyrrole nitrogens is 1. The fourth-order valence-corrected chi connectivity index (χ4v) is 4.09. The number of piperidine rings is 1. The molecule has 0 radical (unpaired) electrons. The average Bonchev–Trinajstić information content (AvgIpc) is 3.16. The SMILES string of the molecule is CC(C)(C)Cc1ncc(C(=O)N2CCCCC2c2ncn[nH]2)s1. The van der Waals surface area contributed by atoms with Crippen molar-refractivity contribution in [3.63, 3.8) is 0 Å². The van der Waals surface area contributed by atoms with Crippen molar-refractivity contribution in [1.29, 1.82) is 0 Å². The normalized spacial score (nSPS) is 19.1. The van der Waals surface area contributed by atoms with Gasteiger partial charge in [0.15, 0.2) is 0 Å². The molecule has 1 fully saturated rings. The number of aromatic amines is 1. The number of nitrogens with one attached hydrogen (secondary N) is 1. The van der Waals surface area contributed by atoms with Crippen molar-refractivity contribution in [2.45, 2.75) is 52.5 Å². The van der Waals surface area contributed by atoms with Gasteiger partial charge < -0.3 is 4.90 Å². The van der Waals surface area contributed by atoms with E-state index in [9.17, 15) is 4.79 Å². The molecule has 0 spiro atoms. The van der Waals surface area contributed by atoms with Crippen LogP contribution in [-0.4, -0.2) is 37.5 Å². The van der Waals surface area contributed by atoms with E-state index in [1.54, 1.807) is 6.20 Å². The zero-order valence-electron chi connectivity index (χ0n) is 13.9. The van der Waals surface area contributed by atoms with Gasteiger partial charge in [-0.05, 0) is 24.7 Å². The van der Waals surface area contributed by atoms with Crippen LogP contribution in [0.5, 0.6) is 0 Å². The number of nitrogens with zero attached hydrogens (tertiary/aromatic N) is 4. The Hall–Kier alpha value is -1.76. The molecule has 23 heavy (non-hydrogen) atoms. The van der Waals surface area contributed by atoms with Crippen LogP contribution in [0, 0.1) is 5.41 Å². The molecule has 1 aliphatic rings. The van der Waals surface area contributed by atoms with E-state index >= 15 is 0 Å². The Morgan fingerprint density at radius 3 is 2.91 bits per heavy atom. The van der Waals surface area contributed by atoms with Crippen molar-refractivity contribution >= 4 is 17.2 Å². The van der Waals surface area contributed by atoms with Gasteiger partial charge in [-0.1, -0.05) is 20.8 Å². The summed E-state index contributed by atoms with van der Waals surface area (Å²) in [5.74, 6) is 0.834. The predicted octanol–water partition coefficient (Wildman–Crippen LogP) is 3.22. The van der Waals surface area contributed by atoms with Crippen LogP contribution in [0.25, 0.3) is 0 Å². The zero-order valence-corrected chi connectivity index (χ0v) is 14.7. The molecule has 124 valence electrons. The molecular formula is C16H23N5OS. The largest absolute Gasteiger partial charge is 0.328 e. The van der Waals surface area contributed by atoms with Crippen LogP contribution in [0.4, 0.5) is 0 Å². The third kappa shape index (κ3) is 3.77. The lowest BCUT2D eigenvalue weighted by Crippen LogP contribution is -2.38. The Labute approximate surface area is 140 Å². The number of carbonyl (C=O) groups excluding carboxylic acids is 1. The summed E-state index contributed by atoms with van der Waals surface area (Å²) in [6, 6.07) is -0.00749. The third-order valence-electron chi connectivity index (χ3n) is 3.96. The van der Waals surface area contributed by atoms with Gasteiger partial charge in [0, 0.05) is 13.0 Å². The number of thiazole rings is 1. The molecule has 1 N–H and O–H groups in total. The van der Waals surface area contributed by atoms with E-state index in [0.29, 0.717) is 0 Å². The summed E-state index contributed by atoms with van der Waals surface area (Å²) in [7, 11) is 0. The smallest absolute Gasteiger partial charge is 0.266 e. The molecule has 1 unspecified atom stereocenters. The van der Waals surface area contributed by atoms with E-state index in [0.717, 1.165) is 47.9 Å². The Balaban J connectivity index is 1.78. The molecule has 0 bridgehead atoms. The van der Waals surface area contributed by atoms with Crippen LogP contribution >= 0.6 is 11.3 Å². The molecule has 3 rings (SSSR count). The van der Waals surface area contributed by atoms with Crippen molar-refractivity contribution in [2.75, 3.05) is 6.54 Å². The van der Waals surface area contributed by atoms with E-state index in [1.807, 2.05) is 4.90 Å². The lowest BCUT2D eigenvalue weighted by atomic mass is 9.93. The summed E-state index contributed by atoms with van der Waals surface area (Å²) in [4.78, 5) is 24.2. The van der Waals surface area contributed by atoms with Gasteiger partial charge in [-0.15, -0.1) is 11.3 Å². The quantitative estimate of drug-likeness (QED) is 0.936. The summed E-state index contributed by atoms with van der Waals surface area (Å²) >= 11 is 1.51. The van der Waals surface area contributed by atoms with Gasteiger partial charge in [0.1, 0.15) is 17.0 Å². The maximum absolute atomic E-state index is 12.9. The van der Waals surface area contributed by atoms with Crippen molar-refractivity contribution in [2.24, 2.45) is 5.41 Å². The van der Waals surface area contributed by atoms with Gasteiger partial charge in [-0.25, -0.2) is 9.97 Å². The number of aromatic nitrogens is 4. The van der Waals surface area contributed by atoms with Gasteiger partial charge in [-0.3, -0.25) is 9.89 Å². The second-order valence-corrected chi connectivity index (χ2v) is 8.35. The van der Waals surface area contributed by atoms with Crippen LogP contribution in [0.3, 0.4) is 0 Å². The van der Waals surface area contributed by atoms with E-state index < -0.39 is 0 Å². The van der Waals surface area contributed by atoms with E-state index in [2.05, 4.69) is 40.9 Å². The number of carbonyl (C=O) groups is 1. The second-order valence-electron chi connectivity index (χ2n) is 7.24. The Bertz CT molecular complexity index is 658. The summed E-state index contributed by atoms with van der Waals surface area (Å²) in [6.07, 6.45) is 7.17. The van der Waals surface area contributed by atoms with Gasteiger partial charge in [0.2, 0.25) is 0 Å². The molecule has 2 aromatic rings. The van der Waals surface area contributed by atoms with Crippen LogP contribution in [0.2, 0.25) is 0 Å². The molecular weight excluding hydrogens is 310 g/mol. The molecule has 0 aromatic carbocycles. The predicted molar refractivity (Wildman–Crippen MR) is 89.3 cm³/mol. The lowest BCUT2D eigenvalue weighted by Gasteiger charge is -2.33. The fraction of sp³-hybridized carbons (Fsp3) is 0.625. The Kier molecular flexibility index (Phi) is 4.48. The summed E-state index contributed by atoms with van der Waals surface area (Å²) in [5.41, 5.74) is 0.172. The van der Waals surface area contributed by atoms with Gasteiger partial charge in [0.25, 0.3) is 5.91 Å². The highest BCUT2D eigenvalue weighted by atomic mass is 32.1. The molecule has 1 amide bonds. The molecule has 1 saturated heterocycles. The van der Waals surface area contributed by atoms with Crippen LogP contribution in [0.15, 0.2) is 12.5 Å². The number of likely N-dealkylation sites (tertiary alicyclic amines) is 1. The second kappa shape index (κ2) is 6.39. The Morgan fingerprint density at radius 1 is 1.39 bits per heavy atom. The van der Waals surface area contributed by atoms with E-state index in [-0.39, 0.29) is 17.4 Å². The molecule has 7 heteroatoms. The Morgan fingerprint density at radius 2 is 2.22 bits per heavy atom. The molecule has 3 heterocycles. The lowest BCUT2D eigenvalue weighted by molar-refractivity contribution is 0.0605. The first kappa shape index (κ1) is 16.1. The summed E-state index contributed by atoms with van der Waals surface area (Å²) in [6.45, 7) is 7.30. The summed E-state index contributed by atoms with van der Waals surface area (Å²) in [5, 5.41) is 7.86. The maximum Gasteiger partial charge on any atom is 0.266 e. The van der Waals surface area contributed by atoms with Gasteiger partial charge in [-0.2, -0.15) is 5.10 Å². The highest BCUT2D eigenvalue weighted by Crippen LogP contribution is 2.31. The van der Waals surface area contributed by atoms with Crippen molar-refractivity contribution < 1.29 is 4.79 Å². The molecule has 6 nitrogen and oxygen atoms in total. The average molecular weight is 333 g/mol. The highest BCUT2D eigenvalue weighted by molar-refractivity contribution is 7.13. The molecule has 0 aliphatic carbocycles. The molecule has 1 atom stereocenters. The standard InChI is InChI=1S/C16H23N5OS/c1-16(2,3)8-13-17-9-12(23-13)15(22)21-7-5-4-6-11(21)14-18-10-19-20-14/h9-11H,4-8H2,1-3H3,(H,18,19,20). The first-order chi connectivity index (χ1) is 10.9. The molecule has 2 aromatic heterocycles. The third-order valence-corrected chi connectivity index (χ3v) is 4.94. The maximum atomic E-state index is 12.9. The fourth-order valence-electron chi connectivity index (χ4n) is 2.92. The number of rotatable bonds is 3. The van der Waals surface area contributed by atoms with Crippen molar-refractivity contribution in [3.05, 3.63) is 28.2 Å². The first-order valence-electron chi connectivity index (χ1n) is 8.05. The minimum absolute atomic E-state index is 0.00749. The van der Waals surface area contributed by atoms with Gasteiger partial charge in [0.05, 0.1) is 17.2 Å². The minimum atomic E-state index is -0.00749. The first-order valence-corrected chi connectivity index (χ1v) is 8.87. The number of amides is 1. The van der Waals surface area contributed by atoms with Crippen molar-refractivity contribution in [3.8, 4) is 0 Å². The number of hydrogen-bond acceptors (Lipinski definition) is 5. The summed E-state index contributed by atoms with van der Waals surface area (Å²) < 4.78 is 0. The van der Waals surface area contributed by atoms with Crippen molar-refractivity contribution in [1.82, 2.24) is 25.1 Å². The zero-order chi connectivity index (χ0) is 16.4.